The lowest BCUT2D eigenvalue weighted by molar-refractivity contribution is -0.387. The molecule has 2 aromatic rings. The molecule has 162 valence electrons. The summed E-state index contributed by atoms with van der Waals surface area (Å²) >= 11 is 0. The number of benzene rings is 2. The molecular weight excluding hydrogens is 418 g/mol. The number of nitrogens with zero attached hydrogens (tertiary/aromatic N) is 1. The molecule has 0 spiro atoms. The minimum atomic E-state index is -4.43. The van der Waals surface area contributed by atoms with E-state index in [0.29, 0.717) is 18.1 Å². The van der Waals surface area contributed by atoms with E-state index < -0.39 is 31.4 Å². The van der Waals surface area contributed by atoms with Gasteiger partial charge in [-0.1, -0.05) is 6.92 Å². The predicted molar refractivity (Wildman–Crippen MR) is 106 cm³/mol. The molecule has 0 saturated heterocycles. The molecule has 11 nitrogen and oxygen atoms in total. The first-order chi connectivity index (χ1) is 14.2. The maximum atomic E-state index is 12.5. The zero-order valence-electron chi connectivity index (χ0n) is 16.5. The van der Waals surface area contributed by atoms with Crippen LogP contribution in [0.2, 0.25) is 0 Å². The molecule has 0 bridgehead atoms. The van der Waals surface area contributed by atoms with Gasteiger partial charge in [0.2, 0.25) is 0 Å². The molecule has 2 rings (SSSR count). The summed E-state index contributed by atoms with van der Waals surface area (Å²) in [5.41, 5.74) is 1.41. The number of rotatable bonds is 10. The van der Waals surface area contributed by atoms with Crippen LogP contribution in [-0.2, 0) is 10.0 Å². The molecule has 2 N–H and O–H groups in total. The third kappa shape index (κ3) is 5.36. The number of carbonyl (C=O) groups is 1. The fourth-order valence-corrected chi connectivity index (χ4v) is 3.37. The van der Waals surface area contributed by atoms with Crippen molar-refractivity contribution >= 4 is 21.6 Å². The van der Waals surface area contributed by atoms with Gasteiger partial charge in [-0.25, -0.2) is 8.42 Å². The minimum absolute atomic E-state index is 0.0858. The third-order valence-corrected chi connectivity index (χ3v) is 5.13. The Balaban J connectivity index is 2.20. The highest BCUT2D eigenvalue weighted by Gasteiger charge is 2.27. The quantitative estimate of drug-likeness (QED) is 0.422. The van der Waals surface area contributed by atoms with Gasteiger partial charge in [0.15, 0.2) is 16.4 Å². The topological polar surface area (TPSA) is 146 Å². The van der Waals surface area contributed by atoms with Crippen LogP contribution >= 0.6 is 0 Å². The summed E-state index contributed by atoms with van der Waals surface area (Å²) in [5, 5.41) is 11.2. The van der Waals surface area contributed by atoms with E-state index in [-0.39, 0.29) is 11.3 Å². The van der Waals surface area contributed by atoms with Gasteiger partial charge in [-0.3, -0.25) is 20.3 Å². The summed E-state index contributed by atoms with van der Waals surface area (Å²) in [6, 6.07) is 7.55. The number of nitrogens with one attached hydrogen (secondary N) is 2. The van der Waals surface area contributed by atoms with Crippen molar-refractivity contribution in [1.29, 1.82) is 0 Å². The van der Waals surface area contributed by atoms with Crippen LogP contribution in [0.15, 0.2) is 41.3 Å². The van der Waals surface area contributed by atoms with Gasteiger partial charge in [-0.05, 0) is 36.8 Å². The molecule has 0 radical (unpaired) electrons. The lowest BCUT2D eigenvalue weighted by atomic mass is 10.2. The summed E-state index contributed by atoms with van der Waals surface area (Å²) in [6.45, 7) is 2.40. The van der Waals surface area contributed by atoms with Gasteiger partial charge in [0.25, 0.3) is 21.6 Å². The van der Waals surface area contributed by atoms with Crippen LogP contribution in [0.5, 0.6) is 17.2 Å². The second-order valence-electron chi connectivity index (χ2n) is 5.86. The molecule has 0 aliphatic heterocycles. The Bertz CT molecular complexity index is 1040. The summed E-state index contributed by atoms with van der Waals surface area (Å²) in [6.07, 6.45) is 0.782. The lowest BCUT2D eigenvalue weighted by Crippen LogP contribution is -2.41. The number of hydrazine groups is 1. The van der Waals surface area contributed by atoms with Crippen LogP contribution in [0.1, 0.15) is 23.7 Å². The van der Waals surface area contributed by atoms with Crippen LogP contribution < -0.4 is 24.5 Å². The van der Waals surface area contributed by atoms with E-state index in [1.54, 1.807) is 0 Å². The number of hydrogen-bond acceptors (Lipinski definition) is 8. The van der Waals surface area contributed by atoms with Crippen molar-refractivity contribution in [2.45, 2.75) is 18.2 Å². The number of methoxy groups -OCH3 is 2. The van der Waals surface area contributed by atoms with Crippen LogP contribution in [0, 0.1) is 10.1 Å². The molecule has 0 fully saturated rings. The van der Waals surface area contributed by atoms with E-state index in [1.807, 2.05) is 17.2 Å². The average molecular weight is 439 g/mol. The molecule has 30 heavy (non-hydrogen) atoms. The van der Waals surface area contributed by atoms with Gasteiger partial charge in [0.05, 0.1) is 31.8 Å². The Labute approximate surface area is 173 Å². The zero-order chi connectivity index (χ0) is 22.3. The van der Waals surface area contributed by atoms with Crippen molar-refractivity contribution in [2.24, 2.45) is 0 Å². The molecule has 2 aromatic carbocycles. The van der Waals surface area contributed by atoms with Gasteiger partial charge in [0, 0.05) is 5.56 Å². The second kappa shape index (κ2) is 9.89. The Morgan fingerprint density at radius 2 is 1.83 bits per heavy atom. The normalized spacial score (nSPS) is 10.9. The summed E-state index contributed by atoms with van der Waals surface area (Å²) in [7, 11) is -1.74. The number of nitro groups is 1. The smallest absolute Gasteiger partial charge is 0.293 e. The van der Waals surface area contributed by atoms with Gasteiger partial charge >= 0.3 is 0 Å². The molecule has 0 aliphatic carbocycles. The second-order valence-corrected chi connectivity index (χ2v) is 7.52. The largest absolute Gasteiger partial charge is 0.497 e. The molecule has 1 amide bonds. The number of amides is 1. The molecule has 0 saturated carbocycles. The Morgan fingerprint density at radius 1 is 1.10 bits per heavy atom. The van der Waals surface area contributed by atoms with E-state index in [2.05, 4.69) is 0 Å². The van der Waals surface area contributed by atoms with Crippen molar-refractivity contribution < 1.29 is 32.3 Å². The number of sulfonamides is 1. The molecule has 12 heteroatoms. The molecule has 0 unspecified atom stereocenters. The maximum absolute atomic E-state index is 12.5. The zero-order valence-corrected chi connectivity index (χ0v) is 17.3. The number of nitro benzene ring substituents is 1. The maximum Gasteiger partial charge on any atom is 0.293 e. The number of ether oxygens (including phenoxy) is 3. The van der Waals surface area contributed by atoms with Crippen molar-refractivity contribution in [3.05, 3.63) is 52.1 Å². The Hall–Kier alpha value is -3.38. The van der Waals surface area contributed by atoms with E-state index in [1.165, 1.54) is 38.5 Å². The molecule has 0 aliphatic rings. The first kappa shape index (κ1) is 22.9. The van der Waals surface area contributed by atoms with E-state index >= 15 is 0 Å². The molecule has 0 aromatic heterocycles. The first-order valence-corrected chi connectivity index (χ1v) is 10.2. The van der Waals surface area contributed by atoms with Crippen LogP contribution in [0.25, 0.3) is 0 Å². The van der Waals surface area contributed by atoms with Crippen LogP contribution in [0.3, 0.4) is 0 Å². The third-order valence-electron chi connectivity index (χ3n) is 3.84. The van der Waals surface area contributed by atoms with E-state index in [4.69, 9.17) is 14.2 Å². The van der Waals surface area contributed by atoms with Crippen molar-refractivity contribution in [3.63, 3.8) is 0 Å². The standard InChI is InChI=1S/C18H21N3O8S/c1-4-9-29-15-7-5-12(10-16(15)28-3)18(22)19-20-30(25,26)17-8-6-13(27-2)11-14(17)21(23)24/h5-8,10-11,20H,4,9H2,1-3H3,(H,19,22). The van der Waals surface area contributed by atoms with Crippen LogP contribution in [-0.4, -0.2) is 40.1 Å². The van der Waals surface area contributed by atoms with Crippen LogP contribution in [0.4, 0.5) is 5.69 Å². The predicted octanol–water partition coefficient (Wildman–Crippen LogP) is 2.02. The van der Waals surface area contributed by atoms with E-state index in [9.17, 15) is 23.3 Å². The highest BCUT2D eigenvalue weighted by Crippen LogP contribution is 2.29. The van der Waals surface area contributed by atoms with Crippen molar-refractivity contribution in [3.8, 4) is 17.2 Å². The Kier molecular flexibility index (Phi) is 7.55. The highest BCUT2D eigenvalue weighted by atomic mass is 32.2. The monoisotopic (exact) mass is 439 g/mol. The van der Waals surface area contributed by atoms with E-state index in [0.717, 1.165) is 18.6 Å². The molecule has 0 heterocycles. The fourth-order valence-electron chi connectivity index (χ4n) is 2.37. The number of carbonyl (C=O) groups excluding carboxylic acids is 1. The van der Waals surface area contributed by atoms with Gasteiger partial charge < -0.3 is 14.2 Å². The summed E-state index contributed by atoms with van der Waals surface area (Å²) < 4.78 is 40.5. The lowest BCUT2D eigenvalue weighted by Gasteiger charge is -2.12. The van der Waals surface area contributed by atoms with Gasteiger partial charge in [0.1, 0.15) is 5.75 Å². The summed E-state index contributed by atoms with van der Waals surface area (Å²) in [4.78, 5) is 23.9. The molecule has 0 atom stereocenters. The highest BCUT2D eigenvalue weighted by molar-refractivity contribution is 7.89. The first-order valence-electron chi connectivity index (χ1n) is 8.69. The average Bonchev–Trinajstić information content (AvgIpc) is 2.75. The SMILES string of the molecule is CCCOc1ccc(C(=O)NNS(=O)(=O)c2ccc(OC)cc2[N+](=O)[O-])cc1OC. The Morgan fingerprint density at radius 3 is 2.43 bits per heavy atom. The van der Waals surface area contributed by atoms with Crippen molar-refractivity contribution in [1.82, 2.24) is 10.3 Å². The van der Waals surface area contributed by atoms with Gasteiger partial charge in [-0.2, -0.15) is 0 Å². The fraction of sp³-hybridized carbons (Fsp3) is 0.278. The molecular formula is C18H21N3O8S. The van der Waals surface area contributed by atoms with Crippen molar-refractivity contribution in [2.75, 3.05) is 20.8 Å². The summed E-state index contributed by atoms with van der Waals surface area (Å²) in [5.74, 6) is 0.0485. The number of hydrogen-bond donors (Lipinski definition) is 2. The van der Waals surface area contributed by atoms with Gasteiger partial charge in [-0.15, -0.1) is 4.83 Å². The minimum Gasteiger partial charge on any atom is -0.497 e.